The molecule has 24 heavy (non-hydrogen) atoms. The fraction of sp³-hybridized carbons (Fsp3) is 0.222. The van der Waals surface area contributed by atoms with Crippen LogP contribution < -0.4 is 9.47 Å². The van der Waals surface area contributed by atoms with Gasteiger partial charge < -0.3 is 14.2 Å². The number of pyridine rings is 1. The zero-order valence-corrected chi connectivity index (χ0v) is 14.1. The maximum absolute atomic E-state index is 11.8. The second-order valence-corrected chi connectivity index (χ2v) is 5.30. The summed E-state index contributed by atoms with van der Waals surface area (Å²) in [6.45, 7) is 3.60. The highest BCUT2D eigenvalue weighted by Gasteiger charge is 2.09. The third-order valence-electron chi connectivity index (χ3n) is 3.14. The minimum atomic E-state index is -0.484. The van der Waals surface area contributed by atoms with Crippen LogP contribution in [0.5, 0.6) is 11.5 Å². The topological polar surface area (TPSA) is 57.7 Å². The van der Waals surface area contributed by atoms with Crippen molar-refractivity contribution >= 4 is 17.6 Å². The summed E-state index contributed by atoms with van der Waals surface area (Å²) in [6, 6.07) is 8.88. The number of hydrogen-bond donors (Lipinski definition) is 0. The maximum Gasteiger partial charge on any atom is 0.344 e. The van der Waals surface area contributed by atoms with Gasteiger partial charge in [0, 0.05) is 11.8 Å². The normalized spacial score (nSPS) is 10.1. The Kier molecular flexibility index (Phi) is 6.63. The van der Waals surface area contributed by atoms with Crippen LogP contribution in [-0.2, 0) is 22.6 Å². The monoisotopic (exact) mass is 347 g/mol. The Balaban J connectivity index is 1.86. The van der Waals surface area contributed by atoms with Crippen molar-refractivity contribution in [3.05, 3.63) is 65.5 Å². The van der Waals surface area contributed by atoms with E-state index >= 15 is 0 Å². The molecule has 0 saturated heterocycles. The average Bonchev–Trinajstić information content (AvgIpc) is 2.60. The highest BCUT2D eigenvalue weighted by atomic mass is 35.5. The van der Waals surface area contributed by atoms with Gasteiger partial charge in [-0.15, -0.1) is 6.58 Å². The lowest BCUT2D eigenvalue weighted by molar-refractivity contribution is -0.147. The van der Waals surface area contributed by atoms with Crippen LogP contribution in [0.25, 0.3) is 0 Å². The van der Waals surface area contributed by atoms with Crippen LogP contribution >= 0.6 is 11.6 Å². The quantitative estimate of drug-likeness (QED) is 0.415. The van der Waals surface area contributed by atoms with Crippen molar-refractivity contribution in [2.24, 2.45) is 0 Å². The Labute approximate surface area is 145 Å². The second kappa shape index (κ2) is 8.93. The summed E-state index contributed by atoms with van der Waals surface area (Å²) in [5, 5.41) is 0.389. The zero-order chi connectivity index (χ0) is 17.4. The molecule has 0 aliphatic heterocycles. The van der Waals surface area contributed by atoms with Crippen LogP contribution in [0, 0.1) is 0 Å². The van der Waals surface area contributed by atoms with Gasteiger partial charge in [-0.05, 0) is 30.2 Å². The summed E-state index contributed by atoms with van der Waals surface area (Å²) in [7, 11) is 1.55. The second-order valence-electron chi connectivity index (χ2n) is 4.92. The van der Waals surface area contributed by atoms with E-state index in [1.54, 1.807) is 37.6 Å². The summed E-state index contributed by atoms with van der Waals surface area (Å²) in [5.41, 5.74) is 1.80. The van der Waals surface area contributed by atoms with Gasteiger partial charge in [0.05, 0.1) is 7.11 Å². The molecular weight excluding hydrogens is 330 g/mol. The number of benzene rings is 1. The van der Waals surface area contributed by atoms with Crippen molar-refractivity contribution in [3.8, 4) is 11.5 Å². The predicted octanol–water partition coefficient (Wildman–Crippen LogP) is 3.59. The van der Waals surface area contributed by atoms with Gasteiger partial charge in [0.15, 0.2) is 18.1 Å². The Morgan fingerprint density at radius 1 is 1.25 bits per heavy atom. The first-order chi connectivity index (χ1) is 11.6. The van der Waals surface area contributed by atoms with Crippen LogP contribution in [0.1, 0.15) is 11.1 Å². The maximum atomic E-state index is 11.8. The highest BCUT2D eigenvalue weighted by molar-refractivity contribution is 6.29. The molecule has 126 valence electrons. The van der Waals surface area contributed by atoms with Crippen LogP contribution in [-0.4, -0.2) is 24.7 Å². The van der Waals surface area contributed by atoms with E-state index in [1.165, 1.54) is 0 Å². The smallest absolute Gasteiger partial charge is 0.344 e. The molecule has 0 N–H and O–H groups in total. The number of aromatic nitrogens is 1. The summed E-state index contributed by atoms with van der Waals surface area (Å²) < 4.78 is 15.9. The van der Waals surface area contributed by atoms with E-state index in [-0.39, 0.29) is 13.2 Å². The number of hydrogen-bond acceptors (Lipinski definition) is 5. The van der Waals surface area contributed by atoms with Crippen molar-refractivity contribution in [2.45, 2.75) is 13.0 Å². The lowest BCUT2D eigenvalue weighted by atomic mass is 10.1. The van der Waals surface area contributed by atoms with Gasteiger partial charge in [-0.2, -0.15) is 0 Å². The highest BCUT2D eigenvalue weighted by Crippen LogP contribution is 2.28. The van der Waals surface area contributed by atoms with Gasteiger partial charge in [0.2, 0.25) is 0 Å². The number of nitrogens with zero attached hydrogens (tertiary/aromatic N) is 1. The summed E-state index contributed by atoms with van der Waals surface area (Å²) in [5.74, 6) is 0.557. The fourth-order valence-corrected chi connectivity index (χ4v) is 2.07. The number of esters is 1. The number of carbonyl (C=O) groups is 1. The van der Waals surface area contributed by atoms with Crippen LogP contribution in [0.15, 0.2) is 49.2 Å². The number of rotatable bonds is 8. The standard InChI is InChI=1S/C18H18ClNO4/c1-3-4-13-5-7-15(16(9-13)22-2)23-12-18(21)24-11-14-6-8-17(19)20-10-14/h3,5-10H,1,4,11-12H2,2H3. The first-order valence-electron chi connectivity index (χ1n) is 7.29. The molecule has 0 fully saturated rings. The molecule has 0 saturated carbocycles. The summed E-state index contributed by atoms with van der Waals surface area (Å²) in [6.07, 6.45) is 4.09. The Morgan fingerprint density at radius 2 is 2.04 bits per heavy atom. The van der Waals surface area contributed by atoms with Crippen molar-refractivity contribution in [3.63, 3.8) is 0 Å². The van der Waals surface area contributed by atoms with Gasteiger partial charge in [-0.25, -0.2) is 9.78 Å². The lowest BCUT2D eigenvalue weighted by Crippen LogP contribution is -2.15. The van der Waals surface area contributed by atoms with Gasteiger partial charge in [0.1, 0.15) is 11.8 Å². The Bertz CT molecular complexity index is 701. The van der Waals surface area contributed by atoms with E-state index in [9.17, 15) is 4.79 Å². The van der Waals surface area contributed by atoms with E-state index < -0.39 is 5.97 Å². The number of ether oxygens (including phenoxy) is 3. The van der Waals surface area contributed by atoms with E-state index in [1.807, 2.05) is 12.1 Å². The molecular formula is C18H18ClNO4. The molecule has 0 amide bonds. The molecule has 2 rings (SSSR count). The molecule has 1 aromatic carbocycles. The van der Waals surface area contributed by atoms with Gasteiger partial charge in [-0.3, -0.25) is 0 Å². The molecule has 0 radical (unpaired) electrons. The van der Waals surface area contributed by atoms with E-state index in [0.29, 0.717) is 16.7 Å². The van der Waals surface area contributed by atoms with Gasteiger partial charge in [-0.1, -0.05) is 29.8 Å². The third-order valence-corrected chi connectivity index (χ3v) is 3.37. The molecule has 0 bridgehead atoms. The molecule has 5 nitrogen and oxygen atoms in total. The molecule has 0 aliphatic carbocycles. The van der Waals surface area contributed by atoms with Crippen molar-refractivity contribution in [1.29, 1.82) is 0 Å². The van der Waals surface area contributed by atoms with Gasteiger partial charge >= 0.3 is 5.97 Å². The number of carbonyl (C=O) groups excluding carboxylic acids is 1. The largest absolute Gasteiger partial charge is 0.493 e. The summed E-state index contributed by atoms with van der Waals surface area (Å²) in [4.78, 5) is 15.7. The molecule has 0 aliphatic rings. The van der Waals surface area contributed by atoms with Crippen molar-refractivity contribution < 1.29 is 19.0 Å². The first kappa shape index (κ1) is 17.8. The van der Waals surface area contributed by atoms with E-state index in [2.05, 4.69) is 11.6 Å². The van der Waals surface area contributed by atoms with Crippen molar-refractivity contribution in [1.82, 2.24) is 4.98 Å². The van der Waals surface area contributed by atoms with Crippen LogP contribution in [0.4, 0.5) is 0 Å². The Morgan fingerprint density at radius 3 is 2.71 bits per heavy atom. The first-order valence-corrected chi connectivity index (χ1v) is 7.67. The molecule has 6 heteroatoms. The van der Waals surface area contributed by atoms with E-state index in [0.717, 1.165) is 17.5 Å². The van der Waals surface area contributed by atoms with Crippen LogP contribution in [0.3, 0.4) is 0 Å². The van der Waals surface area contributed by atoms with Crippen molar-refractivity contribution in [2.75, 3.05) is 13.7 Å². The minimum Gasteiger partial charge on any atom is -0.493 e. The van der Waals surface area contributed by atoms with Gasteiger partial charge in [0.25, 0.3) is 0 Å². The number of allylic oxidation sites excluding steroid dienone is 1. The SMILES string of the molecule is C=CCc1ccc(OCC(=O)OCc2ccc(Cl)nc2)c(OC)c1. The molecule has 1 heterocycles. The zero-order valence-electron chi connectivity index (χ0n) is 13.3. The average molecular weight is 348 g/mol. The Hall–Kier alpha value is -2.53. The number of halogens is 1. The molecule has 1 aromatic heterocycles. The fourth-order valence-electron chi connectivity index (χ4n) is 1.96. The summed E-state index contributed by atoms with van der Waals surface area (Å²) >= 11 is 5.70. The predicted molar refractivity (Wildman–Crippen MR) is 91.4 cm³/mol. The molecule has 0 atom stereocenters. The molecule has 2 aromatic rings. The molecule has 0 unspecified atom stereocenters. The minimum absolute atomic E-state index is 0.113. The number of methoxy groups -OCH3 is 1. The molecule has 0 spiro atoms. The van der Waals surface area contributed by atoms with E-state index in [4.69, 9.17) is 25.8 Å². The third kappa shape index (κ3) is 5.28. The lowest BCUT2D eigenvalue weighted by Gasteiger charge is -2.11. The van der Waals surface area contributed by atoms with Crippen LogP contribution in [0.2, 0.25) is 5.15 Å².